The predicted octanol–water partition coefficient (Wildman–Crippen LogP) is 3.97. The van der Waals surface area contributed by atoms with Gasteiger partial charge in [-0.15, -0.1) is 18.3 Å². The molecule has 2 heterocycles. The number of esters is 1. The molecule has 1 aromatic rings. The Bertz CT molecular complexity index is 897. The van der Waals surface area contributed by atoms with Gasteiger partial charge in [0.25, 0.3) is 0 Å². The van der Waals surface area contributed by atoms with Crippen molar-refractivity contribution in [1.82, 2.24) is 9.80 Å². The van der Waals surface area contributed by atoms with E-state index in [9.17, 15) is 14.4 Å². The molecule has 0 spiro atoms. The van der Waals surface area contributed by atoms with Gasteiger partial charge in [-0.05, 0) is 38.0 Å². The zero-order chi connectivity index (χ0) is 23.5. The largest absolute Gasteiger partial charge is 0.467 e. The van der Waals surface area contributed by atoms with Crippen molar-refractivity contribution in [2.45, 2.75) is 62.9 Å². The molecule has 2 unspecified atom stereocenters. The van der Waals surface area contributed by atoms with Crippen molar-refractivity contribution < 1.29 is 28.6 Å². The highest BCUT2D eigenvalue weighted by Gasteiger charge is 2.44. The zero-order valence-corrected chi connectivity index (χ0v) is 19.8. The topological polar surface area (TPSA) is 85.4 Å². The molecule has 0 bridgehead atoms. The van der Waals surface area contributed by atoms with Crippen LogP contribution in [-0.2, 0) is 32.1 Å². The molecule has 1 fully saturated rings. The predicted molar refractivity (Wildman–Crippen MR) is 120 cm³/mol. The van der Waals surface area contributed by atoms with Crippen LogP contribution in [0.2, 0.25) is 0 Å². The Balaban J connectivity index is 1.65. The van der Waals surface area contributed by atoms with Gasteiger partial charge < -0.3 is 14.2 Å². The third-order valence-electron chi connectivity index (χ3n) is 5.19. The van der Waals surface area contributed by atoms with Gasteiger partial charge in [0, 0.05) is 23.6 Å². The zero-order valence-electron chi connectivity index (χ0n) is 19.0. The quantitative estimate of drug-likeness (QED) is 0.283. The van der Waals surface area contributed by atoms with Crippen molar-refractivity contribution >= 4 is 29.9 Å². The van der Waals surface area contributed by atoms with Crippen LogP contribution in [0.4, 0.5) is 9.59 Å². The second-order valence-electron chi connectivity index (χ2n) is 8.76. The Morgan fingerprint density at radius 2 is 1.97 bits per heavy atom. The molecule has 8 nitrogen and oxygen atoms in total. The molecule has 2 amide bonds. The molecular weight excluding hydrogens is 432 g/mol. The lowest BCUT2D eigenvalue weighted by Gasteiger charge is -2.27. The molecule has 1 saturated heterocycles. The number of fused-ring (bicyclic) bond motifs is 1. The third-order valence-corrected chi connectivity index (χ3v) is 6.28. The first kappa shape index (κ1) is 24.0. The highest BCUT2D eigenvalue weighted by molar-refractivity contribution is 7.99. The minimum Gasteiger partial charge on any atom is -0.467 e. The maximum atomic E-state index is 12.9. The van der Waals surface area contributed by atoms with Crippen LogP contribution in [0.25, 0.3) is 0 Å². The fourth-order valence-electron chi connectivity index (χ4n) is 3.79. The van der Waals surface area contributed by atoms with Crippen molar-refractivity contribution in [1.29, 1.82) is 0 Å². The van der Waals surface area contributed by atoms with Crippen LogP contribution in [-0.4, -0.2) is 65.1 Å². The van der Waals surface area contributed by atoms with E-state index in [0.717, 1.165) is 21.8 Å². The van der Waals surface area contributed by atoms with Crippen LogP contribution in [0.1, 0.15) is 38.3 Å². The molecule has 2 atom stereocenters. The Labute approximate surface area is 192 Å². The lowest BCUT2D eigenvalue weighted by molar-refractivity contribution is -0.145. The fourth-order valence-corrected chi connectivity index (χ4v) is 4.63. The van der Waals surface area contributed by atoms with Crippen molar-refractivity contribution in [3.05, 3.63) is 42.0 Å². The van der Waals surface area contributed by atoms with E-state index in [-0.39, 0.29) is 13.0 Å². The molecule has 3 rings (SSSR count). The minimum absolute atomic E-state index is 0.0711. The number of amides is 2. The fraction of sp³-hybridized carbons (Fsp3) is 0.522. The van der Waals surface area contributed by atoms with Gasteiger partial charge >= 0.3 is 18.2 Å². The molecule has 1 aromatic carbocycles. The van der Waals surface area contributed by atoms with E-state index in [1.807, 2.05) is 24.3 Å². The van der Waals surface area contributed by atoms with Crippen LogP contribution in [0.15, 0.2) is 35.7 Å². The summed E-state index contributed by atoms with van der Waals surface area (Å²) in [5.41, 5.74) is 1.49. The monoisotopic (exact) mass is 462 g/mol. The maximum absolute atomic E-state index is 12.9. The number of nitrogens with zero attached hydrogens (tertiary/aromatic N) is 2. The Kier molecular flexibility index (Phi) is 7.38. The molecule has 0 saturated carbocycles. The van der Waals surface area contributed by atoms with E-state index in [1.54, 1.807) is 37.4 Å². The van der Waals surface area contributed by atoms with Crippen LogP contribution >= 0.6 is 11.8 Å². The van der Waals surface area contributed by atoms with Gasteiger partial charge in [0.1, 0.15) is 17.7 Å². The molecule has 174 valence electrons. The summed E-state index contributed by atoms with van der Waals surface area (Å²) >= 11 is 1.68. The molecule has 0 aliphatic carbocycles. The Morgan fingerprint density at radius 1 is 1.22 bits per heavy atom. The minimum atomic E-state index is -0.856. The first-order valence-electron chi connectivity index (χ1n) is 10.5. The lowest BCUT2D eigenvalue weighted by atomic mass is 10.1. The lowest BCUT2D eigenvalue weighted by Crippen LogP contribution is -2.44. The number of carbonyl (C=O) groups excluding carboxylic acids is 3. The standard InChI is InChI=1S/C23H30N2O6S/c1-6-10-32-19-9-7-8-15-12-24(14-17(15)19)21(27)30-16-11-18(20(26)29-5)25(13-16)22(28)31-23(2,3)4/h6-9,16,18H,1,10-14H2,2-5H3. The summed E-state index contributed by atoms with van der Waals surface area (Å²) in [7, 11) is 1.26. The van der Waals surface area contributed by atoms with Gasteiger partial charge in [0.2, 0.25) is 0 Å². The van der Waals surface area contributed by atoms with Crippen LogP contribution in [0.5, 0.6) is 0 Å². The molecule has 0 N–H and O–H groups in total. The molecule has 0 aromatic heterocycles. The summed E-state index contributed by atoms with van der Waals surface area (Å²) in [6, 6.07) is 5.17. The van der Waals surface area contributed by atoms with Crippen LogP contribution in [0.3, 0.4) is 0 Å². The summed E-state index contributed by atoms with van der Waals surface area (Å²) in [4.78, 5) is 41.7. The number of hydrogen-bond donors (Lipinski definition) is 0. The van der Waals surface area contributed by atoms with Gasteiger partial charge in [-0.2, -0.15) is 0 Å². The van der Waals surface area contributed by atoms with Gasteiger partial charge in [-0.25, -0.2) is 14.4 Å². The van der Waals surface area contributed by atoms with Crippen molar-refractivity contribution in [3.63, 3.8) is 0 Å². The highest BCUT2D eigenvalue weighted by Crippen LogP contribution is 2.33. The SMILES string of the molecule is C=CCSc1cccc2c1CN(C(=O)OC1CC(C(=O)OC)N(C(=O)OC(C)(C)C)C1)C2. The number of ether oxygens (including phenoxy) is 3. The molecular formula is C23H30N2O6S. The first-order valence-corrected chi connectivity index (χ1v) is 11.5. The number of likely N-dealkylation sites (tertiary alicyclic amines) is 1. The first-order chi connectivity index (χ1) is 15.1. The van der Waals surface area contributed by atoms with Gasteiger partial charge in [-0.1, -0.05) is 18.2 Å². The Hall–Kier alpha value is -2.68. The smallest absolute Gasteiger partial charge is 0.411 e. The second-order valence-corrected chi connectivity index (χ2v) is 9.82. The van der Waals surface area contributed by atoms with Gasteiger partial charge in [0.05, 0.1) is 20.2 Å². The average molecular weight is 463 g/mol. The number of thioether (sulfide) groups is 1. The van der Waals surface area contributed by atoms with Gasteiger partial charge in [0.15, 0.2) is 0 Å². The maximum Gasteiger partial charge on any atom is 0.411 e. The van der Waals surface area contributed by atoms with Crippen LogP contribution < -0.4 is 0 Å². The molecule has 32 heavy (non-hydrogen) atoms. The molecule has 2 aliphatic rings. The van der Waals surface area contributed by atoms with Crippen LogP contribution in [0, 0.1) is 0 Å². The number of hydrogen-bond acceptors (Lipinski definition) is 7. The molecule has 2 aliphatic heterocycles. The summed E-state index contributed by atoms with van der Waals surface area (Å²) < 4.78 is 15.9. The van der Waals surface area contributed by atoms with E-state index in [2.05, 4.69) is 6.58 Å². The van der Waals surface area contributed by atoms with Crippen molar-refractivity contribution in [2.24, 2.45) is 0 Å². The number of rotatable bonds is 5. The average Bonchev–Trinajstić information content (AvgIpc) is 3.35. The second kappa shape index (κ2) is 9.85. The van der Waals surface area contributed by atoms with E-state index in [4.69, 9.17) is 14.2 Å². The number of benzene rings is 1. The third kappa shape index (κ3) is 5.56. The molecule has 9 heteroatoms. The highest BCUT2D eigenvalue weighted by atomic mass is 32.2. The van der Waals surface area contributed by atoms with E-state index >= 15 is 0 Å². The van der Waals surface area contributed by atoms with Crippen molar-refractivity contribution in [2.75, 3.05) is 19.4 Å². The summed E-state index contributed by atoms with van der Waals surface area (Å²) in [5, 5.41) is 0. The summed E-state index contributed by atoms with van der Waals surface area (Å²) in [6.45, 7) is 9.99. The van der Waals surface area contributed by atoms with E-state index in [1.165, 1.54) is 12.0 Å². The van der Waals surface area contributed by atoms with E-state index < -0.39 is 35.9 Å². The van der Waals surface area contributed by atoms with Crippen molar-refractivity contribution in [3.8, 4) is 0 Å². The number of methoxy groups -OCH3 is 1. The Morgan fingerprint density at radius 3 is 2.62 bits per heavy atom. The normalized spacial score (nSPS) is 20.0. The summed E-state index contributed by atoms with van der Waals surface area (Å²) in [6.07, 6.45) is 0.278. The number of carbonyl (C=O) groups is 3. The summed E-state index contributed by atoms with van der Waals surface area (Å²) in [5.74, 6) is 0.227. The molecule has 0 radical (unpaired) electrons. The van der Waals surface area contributed by atoms with Gasteiger partial charge in [-0.3, -0.25) is 9.80 Å². The van der Waals surface area contributed by atoms with E-state index in [0.29, 0.717) is 13.1 Å².